The highest BCUT2D eigenvalue weighted by Gasteiger charge is 2.48. The Morgan fingerprint density at radius 3 is 2.20 bits per heavy atom. The number of ether oxygens (including phenoxy) is 3. The zero-order chi connectivity index (χ0) is 30.1. The van der Waals surface area contributed by atoms with E-state index < -0.39 is 40.8 Å². The quantitative estimate of drug-likeness (QED) is 0.186. The molecule has 1 unspecified atom stereocenters. The van der Waals surface area contributed by atoms with Gasteiger partial charge in [0.25, 0.3) is 11.7 Å². The number of rotatable bonds is 8. The van der Waals surface area contributed by atoms with Gasteiger partial charge in [0.15, 0.2) is 11.5 Å². The molecule has 4 rings (SSSR count). The first-order valence-corrected chi connectivity index (χ1v) is 13.3. The summed E-state index contributed by atoms with van der Waals surface area (Å²) < 4.78 is 46.2. The van der Waals surface area contributed by atoms with Crippen molar-refractivity contribution in [2.45, 2.75) is 46.1 Å². The molecule has 3 aromatic carbocycles. The predicted octanol–water partition coefficient (Wildman–Crippen LogP) is 6.69. The van der Waals surface area contributed by atoms with Gasteiger partial charge in [-0.3, -0.25) is 14.5 Å². The van der Waals surface area contributed by atoms with Gasteiger partial charge in [0.1, 0.15) is 23.1 Å². The lowest BCUT2D eigenvalue weighted by atomic mass is 9.84. The van der Waals surface area contributed by atoms with Crippen LogP contribution < -0.4 is 19.1 Å². The summed E-state index contributed by atoms with van der Waals surface area (Å²) in [5.74, 6) is -3.00. The highest BCUT2D eigenvalue weighted by Crippen LogP contribution is 2.45. The molecule has 1 saturated heterocycles. The first kappa shape index (κ1) is 29.6. The van der Waals surface area contributed by atoms with Crippen molar-refractivity contribution >= 4 is 23.1 Å². The van der Waals surface area contributed by atoms with Crippen LogP contribution in [0.3, 0.4) is 0 Å². The van der Waals surface area contributed by atoms with Gasteiger partial charge in [-0.15, -0.1) is 0 Å². The molecule has 0 bridgehead atoms. The van der Waals surface area contributed by atoms with Crippen molar-refractivity contribution in [3.63, 3.8) is 0 Å². The van der Waals surface area contributed by atoms with Gasteiger partial charge < -0.3 is 19.3 Å². The number of hydrogen-bond acceptors (Lipinski definition) is 6. The van der Waals surface area contributed by atoms with Crippen molar-refractivity contribution in [1.29, 1.82) is 0 Å². The summed E-state index contributed by atoms with van der Waals surface area (Å²) >= 11 is 0. The maximum Gasteiger partial charge on any atom is 0.300 e. The molecule has 41 heavy (non-hydrogen) atoms. The molecule has 0 aliphatic carbocycles. The Hall–Kier alpha value is -4.40. The second-order valence-corrected chi connectivity index (χ2v) is 10.5. The molecule has 9 heteroatoms. The molecule has 1 heterocycles. The number of ketones is 1. The maximum absolute atomic E-state index is 15.1. The van der Waals surface area contributed by atoms with Crippen LogP contribution in [0.5, 0.6) is 17.2 Å². The van der Waals surface area contributed by atoms with E-state index in [0.29, 0.717) is 36.0 Å². The van der Waals surface area contributed by atoms with E-state index in [4.69, 9.17) is 14.2 Å². The van der Waals surface area contributed by atoms with Crippen LogP contribution in [0.1, 0.15) is 57.4 Å². The average molecular weight is 566 g/mol. The van der Waals surface area contributed by atoms with Gasteiger partial charge in [-0.1, -0.05) is 26.8 Å². The Bertz CT molecular complexity index is 1530. The number of nitrogens with zero attached hydrogens (tertiary/aromatic N) is 1. The Labute approximate surface area is 238 Å². The summed E-state index contributed by atoms with van der Waals surface area (Å²) in [5, 5.41) is 11.6. The molecule has 0 spiro atoms. The van der Waals surface area contributed by atoms with Gasteiger partial charge in [0, 0.05) is 17.2 Å². The largest absolute Gasteiger partial charge is 0.507 e. The van der Waals surface area contributed by atoms with Crippen molar-refractivity contribution in [3.8, 4) is 17.2 Å². The second-order valence-electron chi connectivity index (χ2n) is 10.5. The molecule has 7 nitrogen and oxygen atoms in total. The zero-order valence-electron chi connectivity index (χ0n) is 23.9. The molecule has 0 radical (unpaired) electrons. The lowest BCUT2D eigenvalue weighted by Gasteiger charge is -2.27. The second kappa shape index (κ2) is 11.6. The van der Waals surface area contributed by atoms with E-state index in [1.807, 2.05) is 27.7 Å². The summed E-state index contributed by atoms with van der Waals surface area (Å²) in [4.78, 5) is 27.9. The highest BCUT2D eigenvalue weighted by molar-refractivity contribution is 6.51. The van der Waals surface area contributed by atoms with Crippen LogP contribution in [0.15, 0.2) is 60.2 Å². The molecule has 0 saturated carbocycles. The number of carbonyl (C=O) groups is 2. The van der Waals surface area contributed by atoms with Crippen LogP contribution in [0.4, 0.5) is 14.5 Å². The standard InChI is InChI=1S/C32H33F2NO6/c1-7-40-24-13-10-19(15-21(24)32(3,4)5)29(36)27-28(18-9-14-25(39-6)26(16-18)41-8-2)35(31(38)30(27)37)23-17-20(33)11-12-22(23)34/h9-17,28,36H,7-8H2,1-6H3/b29-27+. The number of anilines is 1. The lowest BCUT2D eigenvalue weighted by Crippen LogP contribution is -2.30. The summed E-state index contributed by atoms with van der Waals surface area (Å²) in [6.45, 7) is 10.3. The normalized spacial score (nSPS) is 16.7. The van der Waals surface area contributed by atoms with E-state index in [1.165, 1.54) is 7.11 Å². The first-order valence-electron chi connectivity index (χ1n) is 13.3. The minimum absolute atomic E-state index is 0.264. The van der Waals surface area contributed by atoms with Crippen LogP contribution in [-0.4, -0.2) is 37.1 Å². The molecule has 1 N–H and O–H groups in total. The smallest absolute Gasteiger partial charge is 0.300 e. The first-order chi connectivity index (χ1) is 19.4. The van der Waals surface area contributed by atoms with Gasteiger partial charge >= 0.3 is 0 Å². The number of aliphatic hydroxyl groups excluding tert-OH is 1. The number of aliphatic hydroxyl groups is 1. The monoisotopic (exact) mass is 565 g/mol. The lowest BCUT2D eigenvalue weighted by molar-refractivity contribution is -0.132. The fourth-order valence-corrected chi connectivity index (χ4v) is 4.90. The Morgan fingerprint density at radius 2 is 1.56 bits per heavy atom. The van der Waals surface area contributed by atoms with E-state index in [2.05, 4.69) is 0 Å². The van der Waals surface area contributed by atoms with Crippen LogP contribution in [-0.2, 0) is 15.0 Å². The summed E-state index contributed by atoms with van der Waals surface area (Å²) in [6, 6.07) is 11.0. The van der Waals surface area contributed by atoms with Crippen LogP contribution in [0.2, 0.25) is 0 Å². The predicted molar refractivity (Wildman–Crippen MR) is 152 cm³/mol. The number of benzene rings is 3. The summed E-state index contributed by atoms with van der Waals surface area (Å²) in [6.07, 6.45) is 0. The molecule has 1 fully saturated rings. The minimum atomic E-state index is -1.30. The SMILES string of the molecule is CCOc1cc(C2/C(=C(\O)c3ccc(OCC)c(C(C)(C)C)c3)C(=O)C(=O)N2c2cc(F)ccc2F)ccc1OC. The van der Waals surface area contributed by atoms with Gasteiger partial charge in [-0.25, -0.2) is 8.78 Å². The van der Waals surface area contributed by atoms with Crippen molar-refractivity contribution in [2.24, 2.45) is 0 Å². The Kier molecular flexibility index (Phi) is 8.37. The number of methoxy groups -OCH3 is 1. The number of halogens is 2. The van der Waals surface area contributed by atoms with E-state index in [1.54, 1.807) is 43.3 Å². The minimum Gasteiger partial charge on any atom is -0.507 e. The number of amides is 1. The number of Topliss-reactive ketones (excluding diaryl/α,β-unsaturated/α-hetero) is 1. The molecular formula is C32H33F2NO6. The third kappa shape index (κ3) is 5.62. The topological polar surface area (TPSA) is 85.3 Å². The van der Waals surface area contributed by atoms with E-state index >= 15 is 4.39 Å². The van der Waals surface area contributed by atoms with Crippen LogP contribution in [0.25, 0.3) is 5.76 Å². The van der Waals surface area contributed by atoms with Gasteiger partial charge in [-0.05, 0) is 67.3 Å². The fourth-order valence-electron chi connectivity index (χ4n) is 4.90. The van der Waals surface area contributed by atoms with Crippen molar-refractivity contribution in [2.75, 3.05) is 25.2 Å². The maximum atomic E-state index is 15.1. The van der Waals surface area contributed by atoms with Gasteiger partial charge in [0.2, 0.25) is 0 Å². The third-order valence-electron chi connectivity index (χ3n) is 6.78. The number of hydrogen-bond donors (Lipinski definition) is 1. The molecule has 1 amide bonds. The highest BCUT2D eigenvalue weighted by atomic mass is 19.1. The van der Waals surface area contributed by atoms with Crippen molar-refractivity contribution < 1.29 is 37.7 Å². The third-order valence-corrected chi connectivity index (χ3v) is 6.78. The summed E-state index contributed by atoms with van der Waals surface area (Å²) in [7, 11) is 1.46. The van der Waals surface area contributed by atoms with E-state index in [9.17, 15) is 19.1 Å². The van der Waals surface area contributed by atoms with Crippen molar-refractivity contribution in [3.05, 3.63) is 88.5 Å². The summed E-state index contributed by atoms with van der Waals surface area (Å²) in [5.41, 5.74) is 0.246. The Morgan fingerprint density at radius 1 is 0.902 bits per heavy atom. The van der Waals surface area contributed by atoms with E-state index in [-0.39, 0.29) is 16.6 Å². The fraction of sp³-hybridized carbons (Fsp3) is 0.312. The average Bonchev–Trinajstić information content (AvgIpc) is 3.19. The molecule has 3 aromatic rings. The van der Waals surface area contributed by atoms with Crippen LogP contribution in [0, 0.1) is 11.6 Å². The molecular weight excluding hydrogens is 532 g/mol. The zero-order valence-corrected chi connectivity index (χ0v) is 23.9. The number of carbonyl (C=O) groups excluding carboxylic acids is 2. The van der Waals surface area contributed by atoms with Crippen LogP contribution >= 0.6 is 0 Å². The molecule has 1 atom stereocenters. The Balaban J connectivity index is 2.01. The molecule has 216 valence electrons. The molecule has 1 aliphatic heterocycles. The van der Waals surface area contributed by atoms with E-state index in [0.717, 1.165) is 28.7 Å². The van der Waals surface area contributed by atoms with Gasteiger partial charge in [0.05, 0.1) is 37.6 Å². The van der Waals surface area contributed by atoms with Gasteiger partial charge in [-0.2, -0.15) is 0 Å². The molecule has 0 aromatic heterocycles. The molecule has 1 aliphatic rings. The van der Waals surface area contributed by atoms with Crippen molar-refractivity contribution in [1.82, 2.24) is 0 Å².